The minimum atomic E-state index is -0.802. The van der Waals surface area contributed by atoms with E-state index in [0.717, 1.165) is 36.6 Å². The maximum Gasteiger partial charge on any atom is 0.130 e. The van der Waals surface area contributed by atoms with Gasteiger partial charge in [0.05, 0.1) is 0 Å². The van der Waals surface area contributed by atoms with Crippen molar-refractivity contribution in [2.45, 2.75) is 18.7 Å². The molecule has 0 aliphatic carbocycles. The summed E-state index contributed by atoms with van der Waals surface area (Å²) >= 11 is 0. The van der Waals surface area contributed by atoms with Gasteiger partial charge < -0.3 is 10.6 Å². The van der Waals surface area contributed by atoms with Crippen LogP contribution < -0.4 is 10.6 Å². The van der Waals surface area contributed by atoms with Crippen LogP contribution in [0.15, 0.2) is 36.5 Å². The average molecular weight is 301 g/mol. The minimum absolute atomic E-state index is 0.600. The number of fused-ring (bicyclic) bond motifs is 1. The second-order valence-corrected chi connectivity index (χ2v) is 6.74. The zero-order valence-electron chi connectivity index (χ0n) is 12.1. The standard InChI is InChI=1S/C16H19N3OS/c1-21(20)11-12-2-4-15(5-3-12)19-16-8-14-9-17-7-6-13(14)10-18-16/h2-5,8,10,17H,6-7,9,11H2,1H3,(H,18,19). The van der Waals surface area contributed by atoms with Gasteiger partial charge in [-0.3, -0.25) is 4.21 Å². The number of benzene rings is 1. The first-order valence-corrected chi connectivity index (χ1v) is 8.78. The molecule has 5 heteroatoms. The van der Waals surface area contributed by atoms with Crippen molar-refractivity contribution < 1.29 is 4.21 Å². The van der Waals surface area contributed by atoms with Gasteiger partial charge in [-0.2, -0.15) is 0 Å². The quantitative estimate of drug-likeness (QED) is 0.910. The number of rotatable bonds is 4. The Kier molecular flexibility index (Phi) is 4.31. The molecule has 2 aromatic rings. The van der Waals surface area contributed by atoms with Crippen molar-refractivity contribution in [3.05, 3.63) is 53.2 Å². The summed E-state index contributed by atoms with van der Waals surface area (Å²) in [6.07, 6.45) is 4.73. The Bertz CT molecular complexity index is 655. The highest BCUT2D eigenvalue weighted by Crippen LogP contribution is 2.20. The normalized spacial score (nSPS) is 15.3. The first-order chi connectivity index (χ1) is 10.2. The fraction of sp³-hybridized carbons (Fsp3) is 0.312. The molecule has 2 heterocycles. The van der Waals surface area contributed by atoms with Gasteiger partial charge >= 0.3 is 0 Å². The zero-order valence-corrected chi connectivity index (χ0v) is 12.9. The molecule has 1 aliphatic heterocycles. The first kappa shape index (κ1) is 14.2. The fourth-order valence-electron chi connectivity index (χ4n) is 2.50. The highest BCUT2D eigenvalue weighted by atomic mass is 32.2. The lowest BCUT2D eigenvalue weighted by Crippen LogP contribution is -2.23. The molecule has 0 bridgehead atoms. The molecule has 2 N–H and O–H groups in total. The topological polar surface area (TPSA) is 54.0 Å². The van der Waals surface area contributed by atoms with E-state index in [2.05, 4.69) is 21.7 Å². The molecule has 1 aromatic heterocycles. The van der Waals surface area contributed by atoms with E-state index < -0.39 is 10.8 Å². The van der Waals surface area contributed by atoms with Crippen molar-refractivity contribution in [1.82, 2.24) is 10.3 Å². The predicted octanol–water partition coefficient (Wildman–Crippen LogP) is 2.35. The lowest BCUT2D eigenvalue weighted by Gasteiger charge is -2.17. The van der Waals surface area contributed by atoms with Crippen LogP contribution in [0.3, 0.4) is 0 Å². The van der Waals surface area contributed by atoms with Crippen LogP contribution in [0.25, 0.3) is 0 Å². The molecule has 0 fully saturated rings. The highest BCUT2D eigenvalue weighted by molar-refractivity contribution is 7.83. The van der Waals surface area contributed by atoms with E-state index in [0.29, 0.717) is 5.75 Å². The van der Waals surface area contributed by atoms with Crippen molar-refractivity contribution in [3.63, 3.8) is 0 Å². The Morgan fingerprint density at radius 2 is 2.10 bits per heavy atom. The lowest BCUT2D eigenvalue weighted by molar-refractivity contribution is 0.641. The summed E-state index contributed by atoms with van der Waals surface area (Å²) in [7, 11) is -0.802. The van der Waals surface area contributed by atoms with E-state index in [-0.39, 0.29) is 0 Å². The van der Waals surface area contributed by atoms with E-state index in [1.165, 1.54) is 11.1 Å². The van der Waals surface area contributed by atoms with Gasteiger partial charge in [-0.25, -0.2) is 4.98 Å². The van der Waals surface area contributed by atoms with Crippen molar-refractivity contribution in [2.24, 2.45) is 0 Å². The van der Waals surface area contributed by atoms with Crippen LogP contribution in [0.5, 0.6) is 0 Å². The maximum atomic E-state index is 11.2. The number of nitrogens with one attached hydrogen (secondary N) is 2. The van der Waals surface area contributed by atoms with Crippen molar-refractivity contribution in [1.29, 1.82) is 0 Å². The second kappa shape index (κ2) is 6.37. The highest BCUT2D eigenvalue weighted by Gasteiger charge is 2.09. The SMILES string of the molecule is CS(=O)Cc1ccc(Nc2cc3c(cn2)CCNC3)cc1. The summed E-state index contributed by atoms with van der Waals surface area (Å²) in [5.74, 6) is 1.47. The van der Waals surface area contributed by atoms with Gasteiger partial charge in [-0.1, -0.05) is 12.1 Å². The number of anilines is 2. The molecule has 1 unspecified atom stereocenters. The molecule has 0 saturated heterocycles. The Labute approximate surface area is 127 Å². The molecule has 110 valence electrons. The predicted molar refractivity (Wildman–Crippen MR) is 87.1 cm³/mol. The maximum absolute atomic E-state index is 11.2. The third-order valence-corrected chi connectivity index (χ3v) is 4.31. The van der Waals surface area contributed by atoms with Gasteiger partial charge in [0.2, 0.25) is 0 Å². The average Bonchev–Trinajstić information content (AvgIpc) is 2.49. The van der Waals surface area contributed by atoms with Crippen LogP contribution in [0, 0.1) is 0 Å². The van der Waals surface area contributed by atoms with E-state index >= 15 is 0 Å². The Morgan fingerprint density at radius 3 is 2.86 bits per heavy atom. The summed E-state index contributed by atoms with van der Waals surface area (Å²) in [4.78, 5) is 4.47. The molecule has 0 amide bonds. The number of hydrogen-bond acceptors (Lipinski definition) is 4. The van der Waals surface area contributed by atoms with Gasteiger partial charge in [0.15, 0.2) is 0 Å². The molecule has 3 rings (SSSR count). The van der Waals surface area contributed by atoms with Crippen LogP contribution in [-0.4, -0.2) is 22.0 Å². The summed E-state index contributed by atoms with van der Waals surface area (Å²) in [5, 5.41) is 6.69. The molecular weight excluding hydrogens is 282 g/mol. The van der Waals surface area contributed by atoms with Gasteiger partial charge in [0.1, 0.15) is 5.82 Å². The summed E-state index contributed by atoms with van der Waals surface area (Å²) in [6.45, 7) is 1.94. The van der Waals surface area contributed by atoms with Crippen LogP contribution in [0.4, 0.5) is 11.5 Å². The Balaban J connectivity index is 1.72. The summed E-state index contributed by atoms with van der Waals surface area (Å²) in [5.41, 5.74) is 4.73. The third kappa shape index (κ3) is 3.68. The van der Waals surface area contributed by atoms with Gasteiger partial charge in [0, 0.05) is 41.2 Å². The Hall–Kier alpha value is -1.72. The van der Waals surface area contributed by atoms with Crippen LogP contribution in [0.1, 0.15) is 16.7 Å². The number of pyridine rings is 1. The molecule has 1 aliphatic rings. The molecule has 1 aromatic carbocycles. The number of aromatic nitrogens is 1. The van der Waals surface area contributed by atoms with Crippen LogP contribution >= 0.6 is 0 Å². The molecular formula is C16H19N3OS. The van der Waals surface area contributed by atoms with Gasteiger partial charge in [-0.05, 0) is 47.9 Å². The van der Waals surface area contributed by atoms with E-state index in [1.807, 2.05) is 30.5 Å². The molecule has 0 spiro atoms. The second-order valence-electron chi connectivity index (χ2n) is 5.30. The molecule has 1 atom stereocenters. The van der Waals surface area contributed by atoms with E-state index in [4.69, 9.17) is 0 Å². The summed E-state index contributed by atoms with van der Waals surface area (Å²) < 4.78 is 11.2. The third-order valence-electron chi connectivity index (χ3n) is 3.57. The minimum Gasteiger partial charge on any atom is -0.340 e. The Morgan fingerprint density at radius 1 is 1.29 bits per heavy atom. The number of hydrogen-bond donors (Lipinski definition) is 2. The number of nitrogens with zero attached hydrogens (tertiary/aromatic N) is 1. The fourth-order valence-corrected chi connectivity index (χ4v) is 3.16. The molecule has 0 saturated carbocycles. The summed E-state index contributed by atoms with van der Waals surface area (Å²) in [6, 6.07) is 10.1. The molecule has 0 radical (unpaired) electrons. The lowest BCUT2D eigenvalue weighted by atomic mass is 10.0. The van der Waals surface area contributed by atoms with Crippen LogP contribution in [0.2, 0.25) is 0 Å². The molecule has 4 nitrogen and oxygen atoms in total. The van der Waals surface area contributed by atoms with Gasteiger partial charge in [0.25, 0.3) is 0 Å². The monoisotopic (exact) mass is 301 g/mol. The largest absolute Gasteiger partial charge is 0.340 e. The van der Waals surface area contributed by atoms with Crippen LogP contribution in [-0.2, 0) is 29.5 Å². The molecule has 21 heavy (non-hydrogen) atoms. The first-order valence-electron chi connectivity index (χ1n) is 7.05. The van der Waals surface area contributed by atoms with E-state index in [9.17, 15) is 4.21 Å². The smallest absolute Gasteiger partial charge is 0.130 e. The van der Waals surface area contributed by atoms with Crippen molar-refractivity contribution >= 4 is 22.3 Å². The zero-order chi connectivity index (χ0) is 14.7. The van der Waals surface area contributed by atoms with Crippen molar-refractivity contribution in [2.75, 3.05) is 18.1 Å². The van der Waals surface area contributed by atoms with Crippen molar-refractivity contribution in [3.8, 4) is 0 Å². The van der Waals surface area contributed by atoms with E-state index in [1.54, 1.807) is 6.26 Å². The van der Waals surface area contributed by atoms with Gasteiger partial charge in [-0.15, -0.1) is 0 Å².